The fourth-order valence-corrected chi connectivity index (χ4v) is 4.60. The summed E-state index contributed by atoms with van der Waals surface area (Å²) in [6.07, 6.45) is 4.92. The highest BCUT2D eigenvalue weighted by Gasteiger charge is 2.42. The van der Waals surface area contributed by atoms with Crippen LogP contribution in [0.5, 0.6) is 0 Å². The van der Waals surface area contributed by atoms with Crippen LogP contribution in [0.4, 0.5) is 0 Å². The van der Waals surface area contributed by atoms with Gasteiger partial charge in [0.2, 0.25) is 10.0 Å². The predicted molar refractivity (Wildman–Crippen MR) is 83.3 cm³/mol. The number of sulfonamides is 1. The molecule has 122 valence electrons. The normalized spacial score (nSPS) is 24.7. The van der Waals surface area contributed by atoms with Crippen molar-refractivity contribution in [2.24, 2.45) is 0 Å². The molecule has 1 atom stereocenters. The van der Waals surface area contributed by atoms with Gasteiger partial charge in [-0.3, -0.25) is 0 Å². The standard InChI is InChI=1S/C15H20ClNO4S/c16-13-6-2-3-7-14(13)22(18,19)17-10-12-11-20-15(21-12)8-4-1-5-9-15/h2-3,6-7,12,17H,1,4-5,8-11H2/t12-/m0/s1. The molecule has 22 heavy (non-hydrogen) atoms. The van der Waals surface area contributed by atoms with Gasteiger partial charge in [0.05, 0.1) is 17.7 Å². The van der Waals surface area contributed by atoms with Gasteiger partial charge in [0.15, 0.2) is 5.79 Å². The molecule has 3 rings (SSSR count). The highest BCUT2D eigenvalue weighted by molar-refractivity contribution is 7.89. The van der Waals surface area contributed by atoms with E-state index in [-0.39, 0.29) is 22.6 Å². The summed E-state index contributed by atoms with van der Waals surface area (Å²) in [5, 5.41) is 0.211. The Bertz CT molecular complexity index is 628. The Hall–Kier alpha value is -0.660. The van der Waals surface area contributed by atoms with E-state index in [0.29, 0.717) is 6.61 Å². The number of rotatable bonds is 4. The molecular formula is C15H20ClNO4S. The number of benzene rings is 1. The summed E-state index contributed by atoms with van der Waals surface area (Å²) in [4.78, 5) is 0.0861. The van der Waals surface area contributed by atoms with Gasteiger partial charge in [0, 0.05) is 19.4 Å². The second kappa shape index (κ2) is 6.45. The molecule has 1 saturated heterocycles. The summed E-state index contributed by atoms with van der Waals surface area (Å²) < 4.78 is 38.9. The monoisotopic (exact) mass is 345 g/mol. The zero-order valence-electron chi connectivity index (χ0n) is 12.3. The van der Waals surface area contributed by atoms with E-state index < -0.39 is 15.8 Å². The fourth-order valence-electron chi connectivity index (χ4n) is 3.01. The van der Waals surface area contributed by atoms with Crippen LogP contribution in [0.1, 0.15) is 32.1 Å². The van der Waals surface area contributed by atoms with Crippen LogP contribution in [0.15, 0.2) is 29.2 Å². The summed E-state index contributed by atoms with van der Waals surface area (Å²) in [6, 6.07) is 6.39. The lowest BCUT2D eigenvalue weighted by molar-refractivity contribution is -0.186. The van der Waals surface area contributed by atoms with Crippen LogP contribution < -0.4 is 4.72 Å². The van der Waals surface area contributed by atoms with E-state index >= 15 is 0 Å². The van der Waals surface area contributed by atoms with Crippen LogP contribution in [0.25, 0.3) is 0 Å². The minimum Gasteiger partial charge on any atom is -0.347 e. The summed E-state index contributed by atoms with van der Waals surface area (Å²) >= 11 is 5.95. The fraction of sp³-hybridized carbons (Fsp3) is 0.600. The van der Waals surface area contributed by atoms with Gasteiger partial charge >= 0.3 is 0 Å². The lowest BCUT2D eigenvalue weighted by Crippen LogP contribution is -2.37. The first-order valence-electron chi connectivity index (χ1n) is 7.57. The molecule has 1 aromatic rings. The van der Waals surface area contributed by atoms with Crippen molar-refractivity contribution in [2.75, 3.05) is 13.2 Å². The molecule has 1 spiro atoms. The molecule has 2 aliphatic rings. The first kappa shape index (κ1) is 16.2. The number of hydrogen-bond acceptors (Lipinski definition) is 4. The van der Waals surface area contributed by atoms with E-state index in [4.69, 9.17) is 21.1 Å². The summed E-state index contributed by atoms with van der Waals surface area (Å²) in [5.41, 5.74) is 0. The van der Waals surface area contributed by atoms with E-state index in [1.165, 1.54) is 12.5 Å². The Morgan fingerprint density at radius 3 is 2.68 bits per heavy atom. The topological polar surface area (TPSA) is 64.6 Å². The molecule has 1 aromatic carbocycles. The van der Waals surface area contributed by atoms with E-state index in [0.717, 1.165) is 25.7 Å². The van der Waals surface area contributed by atoms with Gasteiger partial charge in [-0.15, -0.1) is 0 Å². The number of hydrogen-bond donors (Lipinski definition) is 1. The van der Waals surface area contributed by atoms with Crippen molar-refractivity contribution in [3.63, 3.8) is 0 Å². The van der Waals surface area contributed by atoms with Gasteiger partial charge in [0.25, 0.3) is 0 Å². The third-order valence-electron chi connectivity index (χ3n) is 4.16. The molecule has 1 heterocycles. The van der Waals surface area contributed by atoms with Crippen molar-refractivity contribution in [1.29, 1.82) is 0 Å². The second-order valence-corrected chi connectivity index (χ2v) is 7.95. The maximum atomic E-state index is 12.3. The van der Waals surface area contributed by atoms with Crippen LogP contribution >= 0.6 is 11.6 Å². The van der Waals surface area contributed by atoms with E-state index in [9.17, 15) is 8.42 Å². The SMILES string of the molecule is O=S(=O)(NC[C@H]1COC2(CCCCC2)O1)c1ccccc1Cl. The lowest BCUT2D eigenvalue weighted by atomic mass is 9.94. The molecule has 1 N–H and O–H groups in total. The minimum absolute atomic E-state index is 0.0861. The minimum atomic E-state index is -3.64. The third kappa shape index (κ3) is 3.46. The van der Waals surface area contributed by atoms with Crippen molar-refractivity contribution in [3.8, 4) is 0 Å². The molecule has 0 aromatic heterocycles. The van der Waals surface area contributed by atoms with Crippen molar-refractivity contribution < 1.29 is 17.9 Å². The number of nitrogens with one attached hydrogen (secondary N) is 1. The van der Waals surface area contributed by atoms with Crippen molar-refractivity contribution >= 4 is 21.6 Å². The Morgan fingerprint density at radius 1 is 1.23 bits per heavy atom. The van der Waals surface area contributed by atoms with E-state index in [1.54, 1.807) is 18.2 Å². The molecular weight excluding hydrogens is 326 g/mol. The van der Waals surface area contributed by atoms with Gasteiger partial charge in [-0.05, 0) is 25.0 Å². The van der Waals surface area contributed by atoms with Crippen LogP contribution in [-0.2, 0) is 19.5 Å². The second-order valence-electron chi connectivity index (χ2n) is 5.80. The Balaban J connectivity index is 1.60. The average Bonchev–Trinajstić information content (AvgIpc) is 2.89. The molecule has 0 radical (unpaired) electrons. The van der Waals surface area contributed by atoms with Crippen LogP contribution in [0, 0.1) is 0 Å². The van der Waals surface area contributed by atoms with Gasteiger partial charge < -0.3 is 9.47 Å². The first-order valence-corrected chi connectivity index (χ1v) is 9.43. The maximum Gasteiger partial charge on any atom is 0.242 e. The van der Waals surface area contributed by atoms with Crippen LogP contribution in [-0.4, -0.2) is 33.5 Å². The van der Waals surface area contributed by atoms with Crippen LogP contribution in [0.2, 0.25) is 5.02 Å². The molecule has 0 bridgehead atoms. The Labute approximate surface area is 136 Å². The molecule has 5 nitrogen and oxygen atoms in total. The van der Waals surface area contributed by atoms with Gasteiger partial charge in [-0.25, -0.2) is 13.1 Å². The first-order chi connectivity index (χ1) is 10.5. The van der Waals surface area contributed by atoms with Crippen molar-refractivity contribution in [1.82, 2.24) is 4.72 Å². The van der Waals surface area contributed by atoms with E-state index in [1.807, 2.05) is 0 Å². The highest BCUT2D eigenvalue weighted by Crippen LogP contribution is 2.37. The number of halogens is 1. The maximum absolute atomic E-state index is 12.3. The molecule has 0 amide bonds. The molecule has 1 aliphatic carbocycles. The van der Waals surface area contributed by atoms with Gasteiger partial charge in [0.1, 0.15) is 4.90 Å². The zero-order valence-corrected chi connectivity index (χ0v) is 13.8. The average molecular weight is 346 g/mol. The lowest BCUT2D eigenvalue weighted by Gasteiger charge is -2.31. The quantitative estimate of drug-likeness (QED) is 0.911. The van der Waals surface area contributed by atoms with Gasteiger partial charge in [-0.2, -0.15) is 0 Å². The van der Waals surface area contributed by atoms with Crippen molar-refractivity contribution in [2.45, 2.75) is 48.9 Å². The zero-order chi connectivity index (χ0) is 15.6. The highest BCUT2D eigenvalue weighted by atomic mass is 35.5. The Morgan fingerprint density at radius 2 is 1.95 bits per heavy atom. The molecule has 1 saturated carbocycles. The molecule has 1 aliphatic heterocycles. The summed E-state index contributed by atoms with van der Waals surface area (Å²) in [7, 11) is -3.64. The van der Waals surface area contributed by atoms with Gasteiger partial charge in [-0.1, -0.05) is 30.2 Å². The van der Waals surface area contributed by atoms with Crippen LogP contribution in [0.3, 0.4) is 0 Å². The molecule has 7 heteroatoms. The third-order valence-corrected chi connectivity index (χ3v) is 6.08. The predicted octanol–water partition coefficient (Wildman–Crippen LogP) is 2.69. The summed E-state index contributed by atoms with van der Waals surface area (Å²) in [6.45, 7) is 0.611. The van der Waals surface area contributed by atoms with Crippen molar-refractivity contribution in [3.05, 3.63) is 29.3 Å². The molecule has 2 fully saturated rings. The Kier molecular flexibility index (Phi) is 4.75. The smallest absolute Gasteiger partial charge is 0.242 e. The molecule has 0 unspecified atom stereocenters. The number of ether oxygens (including phenoxy) is 2. The largest absolute Gasteiger partial charge is 0.347 e. The van der Waals surface area contributed by atoms with E-state index in [2.05, 4.69) is 4.72 Å². The summed E-state index contributed by atoms with van der Waals surface area (Å²) in [5.74, 6) is -0.487.